The van der Waals surface area contributed by atoms with E-state index >= 15 is 0 Å². The van der Waals surface area contributed by atoms with Gasteiger partial charge in [-0.1, -0.05) is 18.2 Å². The number of carbonyl (C=O) groups excluding carboxylic acids is 3. The van der Waals surface area contributed by atoms with E-state index in [4.69, 9.17) is 4.74 Å². The Morgan fingerprint density at radius 2 is 1.89 bits per heavy atom. The van der Waals surface area contributed by atoms with Crippen molar-refractivity contribution in [3.05, 3.63) is 58.5 Å². The lowest BCUT2D eigenvalue weighted by Gasteiger charge is -2.16. The first kappa shape index (κ1) is 19.4. The molecule has 1 aromatic carbocycles. The summed E-state index contributed by atoms with van der Waals surface area (Å²) in [7, 11) is 1.29. The van der Waals surface area contributed by atoms with Gasteiger partial charge in [-0.05, 0) is 38.0 Å². The number of nitrogens with one attached hydrogen (secondary N) is 3. The lowest BCUT2D eigenvalue weighted by molar-refractivity contribution is -0.142. The zero-order valence-corrected chi connectivity index (χ0v) is 16.3. The SMILES string of the molecule is COC(=O)[C@H](Cc1c[nH]c2ccccc12)NC(=O)c1[nH]c(C)c(C(C)=O)c1C. The zero-order valence-electron chi connectivity index (χ0n) is 16.3. The maximum absolute atomic E-state index is 12.8. The average Bonchev–Trinajstić information content (AvgIpc) is 3.20. The molecule has 0 aliphatic carbocycles. The third-order valence-corrected chi connectivity index (χ3v) is 4.91. The van der Waals surface area contributed by atoms with Crippen LogP contribution in [0.25, 0.3) is 10.9 Å². The van der Waals surface area contributed by atoms with Crippen LogP contribution in [0, 0.1) is 13.8 Å². The highest BCUT2D eigenvalue weighted by Crippen LogP contribution is 2.21. The van der Waals surface area contributed by atoms with Crippen molar-refractivity contribution < 1.29 is 19.1 Å². The molecular formula is C21H23N3O4. The van der Waals surface area contributed by atoms with Gasteiger partial charge in [-0.3, -0.25) is 9.59 Å². The Kier molecular flexibility index (Phi) is 5.35. The summed E-state index contributed by atoms with van der Waals surface area (Å²) in [6, 6.07) is 6.87. The standard InChI is InChI=1S/C21H23N3O4/c1-11-18(13(3)25)12(2)23-19(11)20(26)24-17(21(27)28-4)9-14-10-22-16-8-6-5-7-15(14)16/h5-8,10,17,22-23H,9H2,1-4H3,(H,24,26)/t17-/m0/s1. The molecule has 0 bridgehead atoms. The minimum atomic E-state index is -0.861. The summed E-state index contributed by atoms with van der Waals surface area (Å²) in [4.78, 5) is 43.0. The summed E-state index contributed by atoms with van der Waals surface area (Å²) in [5.74, 6) is -1.11. The quantitative estimate of drug-likeness (QED) is 0.451. The minimum Gasteiger partial charge on any atom is -0.467 e. The average molecular weight is 381 g/mol. The molecule has 7 nitrogen and oxygen atoms in total. The third kappa shape index (κ3) is 3.55. The minimum absolute atomic E-state index is 0.117. The fourth-order valence-corrected chi connectivity index (χ4v) is 3.59. The van der Waals surface area contributed by atoms with E-state index < -0.39 is 17.9 Å². The van der Waals surface area contributed by atoms with Crippen molar-refractivity contribution in [2.75, 3.05) is 7.11 Å². The van der Waals surface area contributed by atoms with Crippen LogP contribution in [0.1, 0.15) is 44.6 Å². The van der Waals surface area contributed by atoms with Crippen molar-refractivity contribution in [2.45, 2.75) is 33.2 Å². The monoisotopic (exact) mass is 381 g/mol. The number of hydrogen-bond acceptors (Lipinski definition) is 4. The molecule has 3 aromatic rings. The number of H-pyrrole nitrogens is 2. The van der Waals surface area contributed by atoms with E-state index in [-0.39, 0.29) is 17.9 Å². The molecule has 2 aromatic heterocycles. The lowest BCUT2D eigenvalue weighted by Crippen LogP contribution is -2.43. The summed E-state index contributed by atoms with van der Waals surface area (Å²) < 4.78 is 4.88. The fraction of sp³-hybridized carbons (Fsp3) is 0.286. The number of fused-ring (bicyclic) bond motifs is 1. The number of carbonyl (C=O) groups is 3. The first-order valence-corrected chi connectivity index (χ1v) is 8.97. The van der Waals surface area contributed by atoms with Gasteiger partial charge in [0, 0.05) is 34.8 Å². The lowest BCUT2D eigenvalue weighted by atomic mass is 10.0. The van der Waals surface area contributed by atoms with Crippen molar-refractivity contribution in [1.82, 2.24) is 15.3 Å². The van der Waals surface area contributed by atoms with Gasteiger partial charge in [0.1, 0.15) is 11.7 Å². The van der Waals surface area contributed by atoms with Gasteiger partial charge in [-0.15, -0.1) is 0 Å². The van der Waals surface area contributed by atoms with Crippen molar-refractivity contribution in [3.8, 4) is 0 Å². The number of esters is 1. The first-order valence-electron chi connectivity index (χ1n) is 8.97. The van der Waals surface area contributed by atoms with Gasteiger partial charge in [0.05, 0.1) is 7.11 Å². The van der Waals surface area contributed by atoms with Gasteiger partial charge in [0.2, 0.25) is 0 Å². The number of ether oxygens (including phenoxy) is 1. The van der Waals surface area contributed by atoms with Crippen molar-refractivity contribution >= 4 is 28.6 Å². The Morgan fingerprint density at radius 1 is 1.18 bits per heavy atom. The molecule has 0 spiro atoms. The molecule has 146 valence electrons. The number of benzene rings is 1. The van der Waals surface area contributed by atoms with E-state index in [0.717, 1.165) is 16.5 Å². The van der Waals surface area contributed by atoms with Gasteiger partial charge in [0.25, 0.3) is 5.91 Å². The molecule has 3 rings (SSSR count). The second kappa shape index (κ2) is 7.72. The van der Waals surface area contributed by atoms with Crippen molar-refractivity contribution in [3.63, 3.8) is 0 Å². The summed E-state index contributed by atoms with van der Waals surface area (Å²) in [5, 5.41) is 3.72. The molecule has 0 unspecified atom stereocenters. The topological polar surface area (TPSA) is 104 Å². The molecule has 0 radical (unpaired) electrons. The summed E-state index contributed by atoms with van der Waals surface area (Å²) in [5.41, 5.74) is 3.82. The summed E-state index contributed by atoms with van der Waals surface area (Å²) in [6.45, 7) is 4.91. The van der Waals surface area contributed by atoms with E-state index in [1.54, 1.807) is 13.8 Å². The molecule has 1 amide bonds. The van der Waals surface area contributed by atoms with Crippen molar-refractivity contribution in [1.29, 1.82) is 0 Å². The molecule has 0 fully saturated rings. The third-order valence-electron chi connectivity index (χ3n) is 4.91. The summed E-state index contributed by atoms with van der Waals surface area (Å²) in [6.07, 6.45) is 2.10. The van der Waals surface area contributed by atoms with Gasteiger partial charge < -0.3 is 20.0 Å². The van der Waals surface area contributed by atoms with Gasteiger partial charge in [-0.25, -0.2) is 4.79 Å². The number of rotatable bonds is 6. The normalized spacial score (nSPS) is 12.0. The number of amides is 1. The van der Waals surface area contributed by atoms with E-state index in [1.807, 2.05) is 30.5 Å². The smallest absolute Gasteiger partial charge is 0.328 e. The zero-order chi connectivity index (χ0) is 20.4. The van der Waals surface area contributed by atoms with Crippen LogP contribution in [0.3, 0.4) is 0 Å². The van der Waals surface area contributed by atoms with E-state index in [2.05, 4.69) is 15.3 Å². The van der Waals surface area contributed by atoms with Crippen LogP contribution in [0.4, 0.5) is 0 Å². The van der Waals surface area contributed by atoms with E-state index in [1.165, 1.54) is 14.0 Å². The largest absolute Gasteiger partial charge is 0.467 e. The second-order valence-electron chi connectivity index (χ2n) is 6.79. The fourth-order valence-electron chi connectivity index (χ4n) is 3.59. The van der Waals surface area contributed by atoms with Crippen LogP contribution in [-0.4, -0.2) is 40.8 Å². The number of aromatic amines is 2. The van der Waals surface area contributed by atoms with Gasteiger partial charge in [-0.2, -0.15) is 0 Å². The first-order chi connectivity index (χ1) is 13.3. The molecule has 3 N–H and O–H groups in total. The predicted molar refractivity (Wildman–Crippen MR) is 106 cm³/mol. The van der Waals surface area contributed by atoms with Crippen LogP contribution in [-0.2, 0) is 16.0 Å². The van der Waals surface area contributed by atoms with Crippen LogP contribution in [0.5, 0.6) is 0 Å². The predicted octanol–water partition coefficient (Wildman–Crippen LogP) is 2.83. The van der Waals surface area contributed by atoms with Gasteiger partial charge >= 0.3 is 5.97 Å². The van der Waals surface area contributed by atoms with Crippen LogP contribution < -0.4 is 5.32 Å². The molecule has 2 heterocycles. The molecular weight excluding hydrogens is 358 g/mol. The van der Waals surface area contributed by atoms with E-state index in [9.17, 15) is 14.4 Å². The second-order valence-corrected chi connectivity index (χ2v) is 6.79. The highest BCUT2D eigenvalue weighted by molar-refractivity contribution is 6.03. The Balaban J connectivity index is 1.87. The number of aryl methyl sites for hydroxylation is 1. The Hall–Kier alpha value is -3.35. The Morgan fingerprint density at radius 3 is 2.54 bits per heavy atom. The molecule has 0 saturated heterocycles. The Bertz CT molecular complexity index is 1060. The number of para-hydroxylation sites is 1. The maximum atomic E-state index is 12.8. The van der Waals surface area contributed by atoms with Gasteiger partial charge in [0.15, 0.2) is 5.78 Å². The molecule has 0 aliphatic rings. The van der Waals surface area contributed by atoms with Crippen LogP contribution in [0.2, 0.25) is 0 Å². The molecule has 1 atom stereocenters. The number of methoxy groups -OCH3 is 1. The number of ketones is 1. The Labute approximate surface area is 162 Å². The van der Waals surface area contributed by atoms with Crippen LogP contribution >= 0.6 is 0 Å². The summed E-state index contributed by atoms with van der Waals surface area (Å²) >= 11 is 0. The van der Waals surface area contributed by atoms with E-state index in [0.29, 0.717) is 16.8 Å². The highest BCUT2D eigenvalue weighted by Gasteiger charge is 2.26. The highest BCUT2D eigenvalue weighted by atomic mass is 16.5. The van der Waals surface area contributed by atoms with Crippen molar-refractivity contribution in [2.24, 2.45) is 0 Å². The van der Waals surface area contributed by atoms with Crippen LogP contribution in [0.15, 0.2) is 30.5 Å². The number of aromatic nitrogens is 2. The molecule has 0 saturated carbocycles. The number of hydrogen-bond donors (Lipinski definition) is 3. The number of Topliss-reactive ketones (excluding diaryl/α,β-unsaturated/α-hetero) is 1. The maximum Gasteiger partial charge on any atom is 0.328 e. The molecule has 0 aliphatic heterocycles. The molecule has 28 heavy (non-hydrogen) atoms. The molecule has 7 heteroatoms.